The normalized spacial score (nSPS) is 10.3. The molecule has 2 heterocycles. The Morgan fingerprint density at radius 3 is 2.72 bits per heavy atom. The SMILES string of the molecule is O=C(NCC(=O)c1cc(Cl)sc1Cl)c1ccco1. The summed E-state index contributed by atoms with van der Waals surface area (Å²) in [6, 6.07) is 4.58. The molecule has 7 heteroatoms. The number of halogens is 2. The van der Waals surface area contributed by atoms with Crippen molar-refractivity contribution in [3.05, 3.63) is 44.5 Å². The van der Waals surface area contributed by atoms with Crippen LogP contribution in [-0.2, 0) is 0 Å². The van der Waals surface area contributed by atoms with Gasteiger partial charge >= 0.3 is 0 Å². The smallest absolute Gasteiger partial charge is 0.287 e. The minimum Gasteiger partial charge on any atom is -0.459 e. The number of Topliss-reactive ketones (excluding diaryl/α,β-unsaturated/α-hetero) is 1. The zero-order chi connectivity index (χ0) is 13.1. The van der Waals surface area contributed by atoms with Crippen LogP contribution in [0, 0.1) is 0 Å². The van der Waals surface area contributed by atoms with Crippen LogP contribution in [0.4, 0.5) is 0 Å². The van der Waals surface area contributed by atoms with Crippen LogP contribution < -0.4 is 5.32 Å². The molecular weight excluding hydrogens is 297 g/mol. The standard InChI is InChI=1S/C11H7Cl2NO3S/c12-9-4-6(10(13)18-9)7(15)5-14-11(16)8-2-1-3-17-8/h1-4H,5H2,(H,14,16). The van der Waals surface area contributed by atoms with E-state index in [1.807, 2.05) is 0 Å². The molecule has 0 radical (unpaired) electrons. The lowest BCUT2D eigenvalue weighted by atomic mass is 10.2. The molecule has 2 aromatic heterocycles. The molecule has 4 nitrogen and oxygen atoms in total. The fraction of sp³-hybridized carbons (Fsp3) is 0.0909. The van der Waals surface area contributed by atoms with Gasteiger partial charge < -0.3 is 9.73 Å². The van der Waals surface area contributed by atoms with Gasteiger partial charge in [-0.05, 0) is 18.2 Å². The number of carbonyl (C=O) groups excluding carboxylic acids is 2. The number of thiophene rings is 1. The van der Waals surface area contributed by atoms with E-state index >= 15 is 0 Å². The van der Waals surface area contributed by atoms with Crippen LogP contribution in [0.2, 0.25) is 8.67 Å². The van der Waals surface area contributed by atoms with Gasteiger partial charge in [0.2, 0.25) is 0 Å². The lowest BCUT2D eigenvalue weighted by Gasteiger charge is -2.01. The fourth-order valence-corrected chi connectivity index (χ4v) is 2.78. The molecule has 0 aromatic carbocycles. The van der Waals surface area contributed by atoms with E-state index in [4.69, 9.17) is 27.6 Å². The van der Waals surface area contributed by atoms with Gasteiger partial charge in [-0.25, -0.2) is 0 Å². The van der Waals surface area contributed by atoms with E-state index in [2.05, 4.69) is 5.32 Å². The van der Waals surface area contributed by atoms with Crippen LogP contribution in [0.1, 0.15) is 20.9 Å². The number of nitrogens with one attached hydrogen (secondary N) is 1. The molecule has 2 aromatic rings. The molecule has 1 amide bonds. The first-order chi connectivity index (χ1) is 8.58. The van der Waals surface area contributed by atoms with Crippen molar-refractivity contribution in [2.45, 2.75) is 0 Å². The minimum absolute atomic E-state index is 0.150. The van der Waals surface area contributed by atoms with Crippen LogP contribution in [-0.4, -0.2) is 18.2 Å². The maximum atomic E-state index is 11.8. The first-order valence-electron chi connectivity index (χ1n) is 4.87. The predicted octanol–water partition coefficient (Wildman–Crippen LogP) is 3.26. The zero-order valence-corrected chi connectivity index (χ0v) is 11.2. The summed E-state index contributed by atoms with van der Waals surface area (Å²) in [6.45, 7) is -0.160. The molecular formula is C11H7Cl2NO3S. The van der Waals surface area contributed by atoms with Gasteiger partial charge in [-0.15, -0.1) is 11.3 Å². The van der Waals surface area contributed by atoms with E-state index in [-0.39, 0.29) is 18.1 Å². The van der Waals surface area contributed by atoms with E-state index < -0.39 is 5.91 Å². The monoisotopic (exact) mass is 303 g/mol. The number of amides is 1. The van der Waals surface area contributed by atoms with Gasteiger partial charge in [0.15, 0.2) is 11.5 Å². The van der Waals surface area contributed by atoms with E-state index in [0.717, 1.165) is 11.3 Å². The largest absolute Gasteiger partial charge is 0.459 e. The highest BCUT2D eigenvalue weighted by atomic mass is 35.5. The van der Waals surface area contributed by atoms with Crippen molar-refractivity contribution in [3.63, 3.8) is 0 Å². The van der Waals surface area contributed by atoms with Crippen molar-refractivity contribution < 1.29 is 14.0 Å². The van der Waals surface area contributed by atoms with Crippen molar-refractivity contribution in [1.82, 2.24) is 5.32 Å². The second-order valence-electron chi connectivity index (χ2n) is 3.32. The summed E-state index contributed by atoms with van der Waals surface area (Å²) in [4.78, 5) is 23.3. The van der Waals surface area contributed by atoms with Crippen molar-refractivity contribution in [1.29, 1.82) is 0 Å². The highest BCUT2D eigenvalue weighted by Crippen LogP contribution is 2.31. The first kappa shape index (κ1) is 13.1. The quantitative estimate of drug-likeness (QED) is 0.882. The Kier molecular flexibility index (Phi) is 4.06. The molecule has 18 heavy (non-hydrogen) atoms. The van der Waals surface area contributed by atoms with E-state index in [0.29, 0.717) is 14.2 Å². The van der Waals surface area contributed by atoms with Crippen molar-refractivity contribution >= 4 is 46.2 Å². The molecule has 0 aliphatic carbocycles. The maximum absolute atomic E-state index is 11.8. The molecule has 0 aliphatic rings. The molecule has 0 fully saturated rings. The third-order valence-corrected chi connectivity index (χ3v) is 3.60. The van der Waals surface area contributed by atoms with Gasteiger partial charge in [-0.1, -0.05) is 23.2 Å². The summed E-state index contributed by atoms with van der Waals surface area (Å²) in [5.74, 6) is -0.605. The van der Waals surface area contributed by atoms with Crippen LogP contribution in [0.5, 0.6) is 0 Å². The van der Waals surface area contributed by atoms with Crippen molar-refractivity contribution in [3.8, 4) is 0 Å². The third-order valence-electron chi connectivity index (χ3n) is 2.11. The van der Waals surface area contributed by atoms with Crippen LogP contribution >= 0.6 is 34.5 Å². The molecule has 0 aliphatic heterocycles. The van der Waals surface area contributed by atoms with Gasteiger partial charge in [0.1, 0.15) is 4.34 Å². The summed E-state index contributed by atoms with van der Waals surface area (Å²) in [5.41, 5.74) is 0.311. The van der Waals surface area contributed by atoms with Crippen molar-refractivity contribution in [2.75, 3.05) is 6.54 Å². The van der Waals surface area contributed by atoms with Gasteiger partial charge in [0.25, 0.3) is 5.91 Å². The predicted molar refractivity (Wildman–Crippen MR) is 69.7 cm³/mol. The highest BCUT2D eigenvalue weighted by molar-refractivity contribution is 7.20. The lowest BCUT2D eigenvalue weighted by Crippen LogP contribution is -2.29. The van der Waals surface area contributed by atoms with Crippen LogP contribution in [0.15, 0.2) is 28.9 Å². The number of hydrogen-bond acceptors (Lipinski definition) is 4. The molecule has 0 spiro atoms. The number of rotatable bonds is 4. The van der Waals surface area contributed by atoms with E-state index in [1.54, 1.807) is 6.07 Å². The van der Waals surface area contributed by atoms with Gasteiger partial charge in [-0.2, -0.15) is 0 Å². The highest BCUT2D eigenvalue weighted by Gasteiger charge is 2.16. The first-order valence-corrected chi connectivity index (χ1v) is 6.45. The van der Waals surface area contributed by atoms with Crippen LogP contribution in [0.3, 0.4) is 0 Å². The second-order valence-corrected chi connectivity index (χ2v) is 5.61. The zero-order valence-electron chi connectivity index (χ0n) is 8.91. The summed E-state index contributed by atoms with van der Waals surface area (Å²) in [6.07, 6.45) is 1.38. The Bertz CT molecular complexity index is 577. The Balaban J connectivity index is 1.97. The molecule has 0 saturated carbocycles. The number of hydrogen-bond donors (Lipinski definition) is 1. The number of furan rings is 1. The Hall–Kier alpha value is -1.30. The molecule has 0 atom stereocenters. The fourth-order valence-electron chi connectivity index (χ4n) is 1.28. The van der Waals surface area contributed by atoms with Crippen LogP contribution in [0.25, 0.3) is 0 Å². The minimum atomic E-state index is -0.453. The van der Waals surface area contributed by atoms with Gasteiger partial charge in [0.05, 0.1) is 22.7 Å². The van der Waals surface area contributed by atoms with Crippen molar-refractivity contribution in [2.24, 2.45) is 0 Å². The number of carbonyl (C=O) groups is 2. The Morgan fingerprint density at radius 2 is 2.17 bits per heavy atom. The van der Waals surface area contributed by atoms with Gasteiger partial charge in [-0.3, -0.25) is 9.59 Å². The lowest BCUT2D eigenvalue weighted by molar-refractivity contribution is 0.0885. The summed E-state index contributed by atoms with van der Waals surface area (Å²) >= 11 is 12.7. The molecule has 0 saturated heterocycles. The number of ketones is 1. The Labute approximate surface area is 116 Å². The summed E-state index contributed by atoms with van der Waals surface area (Å²) in [7, 11) is 0. The summed E-state index contributed by atoms with van der Waals surface area (Å²) < 4.78 is 5.64. The average Bonchev–Trinajstić information content (AvgIpc) is 2.95. The molecule has 2 rings (SSSR count). The van der Waals surface area contributed by atoms with Gasteiger partial charge in [0, 0.05) is 0 Å². The Morgan fingerprint density at radius 1 is 1.39 bits per heavy atom. The van der Waals surface area contributed by atoms with E-state index in [1.165, 1.54) is 18.4 Å². The molecule has 94 valence electrons. The van der Waals surface area contributed by atoms with E-state index in [9.17, 15) is 9.59 Å². The summed E-state index contributed by atoms with van der Waals surface area (Å²) in [5, 5.41) is 2.44. The topological polar surface area (TPSA) is 59.3 Å². The second kappa shape index (κ2) is 5.56. The third kappa shape index (κ3) is 2.93. The average molecular weight is 304 g/mol. The molecule has 0 bridgehead atoms. The molecule has 1 N–H and O–H groups in total. The molecule has 0 unspecified atom stereocenters. The maximum Gasteiger partial charge on any atom is 0.287 e.